The van der Waals surface area contributed by atoms with Gasteiger partial charge in [0, 0.05) is 32.7 Å². The fourth-order valence-corrected chi connectivity index (χ4v) is 3.81. The fourth-order valence-electron chi connectivity index (χ4n) is 2.26. The van der Waals surface area contributed by atoms with Crippen LogP contribution in [0.15, 0.2) is 0 Å². The summed E-state index contributed by atoms with van der Waals surface area (Å²) in [7, 11) is -3.06. The first-order valence-corrected chi connectivity index (χ1v) is 8.47. The Bertz CT molecular complexity index is 322. The zero-order valence-corrected chi connectivity index (χ0v) is 12.5. The van der Waals surface area contributed by atoms with Gasteiger partial charge in [0.15, 0.2) is 0 Å². The average molecular weight is 277 g/mol. The summed E-state index contributed by atoms with van der Waals surface area (Å²) in [6, 6.07) is 0. The van der Waals surface area contributed by atoms with Crippen LogP contribution in [0.25, 0.3) is 0 Å². The summed E-state index contributed by atoms with van der Waals surface area (Å²) in [5, 5.41) is 0. The third-order valence-corrected chi connectivity index (χ3v) is 5.16. The Morgan fingerprint density at radius 2 is 1.72 bits per heavy atom. The van der Waals surface area contributed by atoms with Crippen molar-refractivity contribution >= 4 is 10.0 Å². The molecule has 1 heterocycles. The van der Waals surface area contributed by atoms with Gasteiger partial charge in [-0.05, 0) is 25.3 Å². The molecule has 2 N–H and O–H groups in total. The van der Waals surface area contributed by atoms with E-state index in [2.05, 4.69) is 18.7 Å². The van der Waals surface area contributed by atoms with Crippen molar-refractivity contribution in [2.45, 2.75) is 26.7 Å². The Kier molecular flexibility index (Phi) is 6.55. The molecule has 18 heavy (non-hydrogen) atoms. The van der Waals surface area contributed by atoms with Crippen LogP contribution in [-0.2, 0) is 10.0 Å². The summed E-state index contributed by atoms with van der Waals surface area (Å²) in [5.41, 5.74) is 5.39. The van der Waals surface area contributed by atoms with Gasteiger partial charge in [-0.1, -0.05) is 13.8 Å². The standard InChI is InChI=1S/C12H27N3O2S/c1-12(2)11-14-6-8-15(9-7-14)18(16,17)10-4-3-5-13/h12H,3-11,13H2,1-2H3. The summed E-state index contributed by atoms with van der Waals surface area (Å²) in [5.74, 6) is 0.881. The predicted molar refractivity (Wildman–Crippen MR) is 74.9 cm³/mol. The Hall–Kier alpha value is -0.170. The van der Waals surface area contributed by atoms with Gasteiger partial charge >= 0.3 is 0 Å². The minimum atomic E-state index is -3.06. The van der Waals surface area contributed by atoms with Gasteiger partial charge < -0.3 is 10.6 Å². The maximum atomic E-state index is 12.1. The molecule has 1 saturated heterocycles. The Labute approximate surface area is 111 Å². The molecule has 0 aromatic heterocycles. The van der Waals surface area contributed by atoms with Crippen molar-refractivity contribution in [1.82, 2.24) is 9.21 Å². The molecular weight excluding hydrogens is 250 g/mol. The van der Waals surface area contributed by atoms with Crippen molar-refractivity contribution in [3.05, 3.63) is 0 Å². The molecule has 0 unspecified atom stereocenters. The van der Waals surface area contributed by atoms with Crippen LogP contribution < -0.4 is 5.73 Å². The second-order valence-electron chi connectivity index (χ2n) is 5.41. The molecule has 0 aliphatic carbocycles. The first kappa shape index (κ1) is 15.9. The van der Waals surface area contributed by atoms with Gasteiger partial charge in [0.05, 0.1) is 5.75 Å². The highest BCUT2D eigenvalue weighted by Crippen LogP contribution is 2.11. The lowest BCUT2D eigenvalue weighted by Crippen LogP contribution is -2.49. The van der Waals surface area contributed by atoms with Crippen LogP contribution in [0.5, 0.6) is 0 Å². The molecule has 1 rings (SSSR count). The van der Waals surface area contributed by atoms with Gasteiger partial charge in [-0.2, -0.15) is 4.31 Å². The van der Waals surface area contributed by atoms with E-state index in [1.54, 1.807) is 4.31 Å². The molecule has 0 radical (unpaired) electrons. The van der Waals surface area contributed by atoms with E-state index >= 15 is 0 Å². The fraction of sp³-hybridized carbons (Fsp3) is 1.00. The summed E-state index contributed by atoms with van der Waals surface area (Å²) in [6.07, 6.45) is 1.46. The van der Waals surface area contributed by atoms with Crippen LogP contribution in [0.4, 0.5) is 0 Å². The maximum absolute atomic E-state index is 12.1. The molecule has 0 amide bonds. The number of hydrogen-bond donors (Lipinski definition) is 1. The van der Waals surface area contributed by atoms with E-state index in [9.17, 15) is 8.42 Å². The lowest BCUT2D eigenvalue weighted by molar-refractivity contribution is 0.172. The Balaban J connectivity index is 2.37. The van der Waals surface area contributed by atoms with Crippen LogP contribution >= 0.6 is 0 Å². The lowest BCUT2D eigenvalue weighted by atomic mass is 10.2. The molecule has 0 aromatic rings. The first-order valence-electron chi connectivity index (χ1n) is 6.86. The highest BCUT2D eigenvalue weighted by molar-refractivity contribution is 7.89. The van der Waals surface area contributed by atoms with E-state index in [0.29, 0.717) is 32.0 Å². The highest BCUT2D eigenvalue weighted by atomic mass is 32.2. The topological polar surface area (TPSA) is 66.6 Å². The van der Waals surface area contributed by atoms with E-state index in [1.165, 1.54) is 0 Å². The molecule has 0 atom stereocenters. The normalized spacial score (nSPS) is 19.6. The van der Waals surface area contributed by atoms with Crippen molar-refractivity contribution in [3.63, 3.8) is 0 Å². The molecule has 0 spiro atoms. The van der Waals surface area contributed by atoms with Crippen LogP contribution in [0.2, 0.25) is 0 Å². The second-order valence-corrected chi connectivity index (χ2v) is 7.49. The SMILES string of the molecule is CC(C)CN1CCN(S(=O)(=O)CCCCN)CC1. The van der Waals surface area contributed by atoms with Gasteiger partial charge in [-0.15, -0.1) is 0 Å². The molecule has 1 fully saturated rings. The van der Waals surface area contributed by atoms with Crippen molar-refractivity contribution < 1.29 is 8.42 Å². The number of nitrogens with zero attached hydrogens (tertiary/aromatic N) is 2. The summed E-state index contributed by atoms with van der Waals surface area (Å²) in [4.78, 5) is 2.34. The Morgan fingerprint density at radius 1 is 1.11 bits per heavy atom. The number of unbranched alkanes of at least 4 members (excludes halogenated alkanes) is 1. The van der Waals surface area contributed by atoms with Crippen molar-refractivity contribution in [2.75, 3.05) is 45.0 Å². The third-order valence-electron chi connectivity index (χ3n) is 3.20. The number of sulfonamides is 1. The molecule has 1 aliphatic heterocycles. The van der Waals surface area contributed by atoms with Gasteiger partial charge in [0.25, 0.3) is 0 Å². The predicted octanol–water partition coefficient (Wildman–Crippen LogP) is 0.329. The smallest absolute Gasteiger partial charge is 0.214 e. The number of piperazine rings is 1. The molecule has 0 aromatic carbocycles. The number of nitrogens with two attached hydrogens (primary N) is 1. The quantitative estimate of drug-likeness (QED) is 0.681. The molecule has 108 valence electrons. The largest absolute Gasteiger partial charge is 0.330 e. The lowest BCUT2D eigenvalue weighted by Gasteiger charge is -2.34. The molecule has 0 saturated carbocycles. The average Bonchev–Trinajstić information content (AvgIpc) is 2.29. The zero-order chi connectivity index (χ0) is 13.6. The summed E-state index contributed by atoms with van der Waals surface area (Å²) in [6.45, 7) is 8.99. The van der Waals surface area contributed by atoms with E-state index < -0.39 is 10.0 Å². The van der Waals surface area contributed by atoms with E-state index in [4.69, 9.17) is 5.73 Å². The molecule has 0 bridgehead atoms. The van der Waals surface area contributed by atoms with Gasteiger partial charge in [-0.3, -0.25) is 0 Å². The molecular formula is C12H27N3O2S. The monoisotopic (exact) mass is 277 g/mol. The van der Waals surface area contributed by atoms with Crippen LogP contribution in [-0.4, -0.2) is 62.6 Å². The molecule has 6 heteroatoms. The number of rotatable bonds is 7. The highest BCUT2D eigenvalue weighted by Gasteiger charge is 2.26. The van der Waals surface area contributed by atoms with Crippen molar-refractivity contribution in [3.8, 4) is 0 Å². The van der Waals surface area contributed by atoms with Gasteiger partial charge in [0.1, 0.15) is 0 Å². The Morgan fingerprint density at radius 3 is 2.22 bits per heavy atom. The van der Waals surface area contributed by atoms with E-state index in [1.807, 2.05) is 0 Å². The van der Waals surface area contributed by atoms with Crippen LogP contribution in [0.3, 0.4) is 0 Å². The van der Waals surface area contributed by atoms with Gasteiger partial charge in [-0.25, -0.2) is 8.42 Å². The second kappa shape index (κ2) is 7.43. The van der Waals surface area contributed by atoms with Crippen molar-refractivity contribution in [1.29, 1.82) is 0 Å². The molecule has 5 nitrogen and oxygen atoms in total. The van der Waals surface area contributed by atoms with Crippen LogP contribution in [0.1, 0.15) is 26.7 Å². The van der Waals surface area contributed by atoms with Gasteiger partial charge in [0.2, 0.25) is 10.0 Å². The van der Waals surface area contributed by atoms with E-state index in [0.717, 1.165) is 26.1 Å². The summed E-state index contributed by atoms with van der Waals surface area (Å²) < 4.78 is 25.8. The summed E-state index contributed by atoms with van der Waals surface area (Å²) >= 11 is 0. The maximum Gasteiger partial charge on any atom is 0.214 e. The first-order chi connectivity index (χ1) is 8.45. The zero-order valence-electron chi connectivity index (χ0n) is 11.6. The minimum absolute atomic E-state index is 0.244. The minimum Gasteiger partial charge on any atom is -0.330 e. The van der Waals surface area contributed by atoms with E-state index in [-0.39, 0.29) is 5.75 Å². The van der Waals surface area contributed by atoms with Crippen molar-refractivity contribution in [2.24, 2.45) is 11.7 Å². The molecule has 1 aliphatic rings. The van der Waals surface area contributed by atoms with Crippen LogP contribution in [0, 0.1) is 5.92 Å². The number of hydrogen-bond acceptors (Lipinski definition) is 4. The third kappa shape index (κ3) is 5.22.